The van der Waals surface area contributed by atoms with Gasteiger partial charge in [0.05, 0.1) is 0 Å². The van der Waals surface area contributed by atoms with Crippen LogP contribution in [0.5, 0.6) is 0 Å². The molecule has 218 valence electrons. The zero-order valence-corrected chi connectivity index (χ0v) is 26.8. The highest BCUT2D eigenvalue weighted by atomic mass is 32.1. The first-order valence-corrected chi connectivity index (χ1v) is 17.9. The van der Waals surface area contributed by atoms with Crippen molar-refractivity contribution in [1.82, 2.24) is 0 Å². The summed E-state index contributed by atoms with van der Waals surface area (Å²) in [4.78, 5) is 0. The molecule has 0 aliphatic rings. The Bertz CT molecular complexity index is 392. The van der Waals surface area contributed by atoms with Crippen LogP contribution in [-0.2, 0) is 0 Å². The van der Waals surface area contributed by atoms with Gasteiger partial charge in [-0.15, -0.1) is 0 Å². The Labute approximate surface area is 236 Å². The molecule has 0 spiro atoms. The Kier molecular flexibility index (Phi) is 30.2. The van der Waals surface area contributed by atoms with E-state index in [1.165, 1.54) is 199 Å². The van der Waals surface area contributed by atoms with E-state index in [1.807, 2.05) is 0 Å². The normalized spacial score (nSPS) is 13.3. The van der Waals surface area contributed by atoms with Crippen molar-refractivity contribution >= 4 is 12.6 Å². The number of thiol groups is 1. The summed E-state index contributed by atoms with van der Waals surface area (Å²) in [6.45, 7) is 6.94. The van der Waals surface area contributed by atoms with Crippen LogP contribution in [0.4, 0.5) is 0 Å². The van der Waals surface area contributed by atoms with Gasteiger partial charge in [-0.2, -0.15) is 12.6 Å². The zero-order valence-electron chi connectivity index (χ0n) is 25.9. The molecular formula is C35H72S. The largest absolute Gasteiger partial charge is 0.173 e. The van der Waals surface area contributed by atoms with Gasteiger partial charge in [-0.3, -0.25) is 0 Å². The lowest BCUT2D eigenvalue weighted by Crippen LogP contribution is -2.21. The summed E-state index contributed by atoms with van der Waals surface area (Å²) in [6.07, 6.45) is 44.3. The number of rotatable bonds is 31. The van der Waals surface area contributed by atoms with Crippen LogP contribution in [0.3, 0.4) is 0 Å². The van der Waals surface area contributed by atoms with Gasteiger partial charge in [0.25, 0.3) is 0 Å². The van der Waals surface area contributed by atoms with Crippen molar-refractivity contribution in [2.75, 3.05) is 0 Å². The smallest absolute Gasteiger partial charge is 0.0130 e. The van der Waals surface area contributed by atoms with Crippen molar-refractivity contribution in [3.63, 3.8) is 0 Å². The minimum absolute atomic E-state index is 0.322. The van der Waals surface area contributed by atoms with E-state index in [0.717, 1.165) is 0 Å². The molecular weight excluding hydrogens is 452 g/mol. The molecule has 0 bridgehead atoms. The topological polar surface area (TPSA) is 0 Å². The zero-order chi connectivity index (χ0) is 26.4. The van der Waals surface area contributed by atoms with Gasteiger partial charge >= 0.3 is 0 Å². The fourth-order valence-corrected chi connectivity index (χ4v) is 6.32. The minimum atomic E-state index is 0.322. The average molecular weight is 525 g/mol. The van der Waals surface area contributed by atoms with Crippen molar-refractivity contribution in [3.05, 3.63) is 0 Å². The highest BCUT2D eigenvalue weighted by molar-refractivity contribution is 7.81. The van der Waals surface area contributed by atoms with Crippen LogP contribution in [0.1, 0.15) is 220 Å². The van der Waals surface area contributed by atoms with Crippen LogP contribution >= 0.6 is 12.6 Å². The van der Waals surface area contributed by atoms with Crippen molar-refractivity contribution in [2.24, 2.45) is 0 Å². The Hall–Kier alpha value is 0.350. The van der Waals surface area contributed by atoms with Crippen LogP contribution < -0.4 is 0 Å². The summed E-state index contributed by atoms with van der Waals surface area (Å²) in [5, 5.41) is 0. The first kappa shape index (κ1) is 36.4. The van der Waals surface area contributed by atoms with Crippen LogP contribution in [-0.4, -0.2) is 4.75 Å². The van der Waals surface area contributed by atoms with Crippen LogP contribution in [0.25, 0.3) is 0 Å². The second-order valence-electron chi connectivity index (χ2n) is 12.3. The maximum atomic E-state index is 5.37. The molecule has 0 aliphatic carbocycles. The fraction of sp³-hybridized carbons (Fsp3) is 1.00. The molecule has 0 rings (SSSR count). The number of hydrogen-bond acceptors (Lipinski definition) is 1. The minimum Gasteiger partial charge on any atom is -0.173 e. The van der Waals surface area contributed by atoms with E-state index >= 15 is 0 Å². The van der Waals surface area contributed by atoms with Gasteiger partial charge in [-0.1, -0.05) is 201 Å². The molecule has 0 fully saturated rings. The molecule has 36 heavy (non-hydrogen) atoms. The molecule has 0 aromatic carbocycles. The number of unbranched alkanes of at least 4 members (excludes halogenated alkanes) is 25. The molecule has 0 aromatic heterocycles. The lowest BCUT2D eigenvalue weighted by Gasteiger charge is -2.29. The van der Waals surface area contributed by atoms with Crippen molar-refractivity contribution in [3.8, 4) is 0 Å². The Morgan fingerprint density at radius 2 is 0.444 bits per heavy atom. The van der Waals surface area contributed by atoms with Gasteiger partial charge in [0.2, 0.25) is 0 Å². The van der Waals surface area contributed by atoms with Gasteiger partial charge < -0.3 is 0 Å². The predicted octanol–water partition coefficient (Wildman–Crippen LogP) is 13.8. The molecule has 0 radical (unpaired) electrons. The first-order valence-electron chi connectivity index (χ1n) is 17.4. The van der Waals surface area contributed by atoms with Gasteiger partial charge in [0.1, 0.15) is 0 Å². The van der Waals surface area contributed by atoms with Gasteiger partial charge in [0, 0.05) is 4.75 Å². The Morgan fingerprint density at radius 3 is 0.639 bits per heavy atom. The monoisotopic (exact) mass is 525 g/mol. The first-order chi connectivity index (χ1) is 17.7. The van der Waals surface area contributed by atoms with Crippen molar-refractivity contribution < 1.29 is 0 Å². The Balaban J connectivity index is 4.01. The number of hydrogen-bond donors (Lipinski definition) is 1. The molecule has 0 aliphatic heterocycles. The summed E-state index contributed by atoms with van der Waals surface area (Å²) in [6, 6.07) is 0. The molecule has 0 aromatic rings. The van der Waals surface area contributed by atoms with Crippen molar-refractivity contribution in [2.45, 2.75) is 225 Å². The SMILES string of the molecule is CCCCCCCCCCCCCC(S)(CCCCCCCCC)CCCCCCCCCCCC. The molecule has 1 unspecified atom stereocenters. The third-order valence-electron chi connectivity index (χ3n) is 8.49. The third-order valence-corrected chi connectivity index (χ3v) is 9.16. The second-order valence-corrected chi connectivity index (χ2v) is 13.3. The second kappa shape index (κ2) is 29.9. The summed E-state index contributed by atoms with van der Waals surface area (Å²) in [7, 11) is 0. The molecule has 1 heteroatoms. The fourth-order valence-electron chi connectivity index (χ4n) is 5.85. The Morgan fingerprint density at radius 1 is 0.278 bits per heavy atom. The van der Waals surface area contributed by atoms with E-state index in [0.29, 0.717) is 4.75 Å². The van der Waals surface area contributed by atoms with Crippen molar-refractivity contribution in [1.29, 1.82) is 0 Å². The quantitative estimate of drug-likeness (QED) is 0.0676. The van der Waals surface area contributed by atoms with Crippen LogP contribution in [0.2, 0.25) is 0 Å². The maximum Gasteiger partial charge on any atom is 0.0130 e. The summed E-state index contributed by atoms with van der Waals surface area (Å²) >= 11 is 5.37. The molecule has 0 saturated heterocycles. The summed E-state index contributed by atoms with van der Waals surface area (Å²) < 4.78 is 0.322. The lowest BCUT2D eigenvalue weighted by atomic mass is 9.88. The van der Waals surface area contributed by atoms with E-state index in [-0.39, 0.29) is 0 Å². The van der Waals surface area contributed by atoms with Gasteiger partial charge in [0.15, 0.2) is 0 Å². The standard InChI is InChI=1S/C35H72S/c1-4-7-10-13-16-18-20-22-25-28-31-34-35(36,32-29-26-23-15-12-9-6-3)33-30-27-24-21-19-17-14-11-8-5-2/h36H,4-34H2,1-3H3. The van der Waals surface area contributed by atoms with E-state index in [2.05, 4.69) is 20.8 Å². The molecule has 0 heterocycles. The van der Waals surface area contributed by atoms with E-state index in [4.69, 9.17) is 12.6 Å². The molecule has 0 saturated carbocycles. The van der Waals surface area contributed by atoms with Crippen LogP contribution in [0.15, 0.2) is 0 Å². The maximum absolute atomic E-state index is 5.37. The highest BCUT2D eigenvalue weighted by Gasteiger charge is 2.24. The highest BCUT2D eigenvalue weighted by Crippen LogP contribution is 2.35. The molecule has 0 amide bonds. The van der Waals surface area contributed by atoms with E-state index in [1.54, 1.807) is 0 Å². The average Bonchev–Trinajstić information content (AvgIpc) is 2.88. The summed E-state index contributed by atoms with van der Waals surface area (Å²) in [5.74, 6) is 0. The molecule has 0 N–H and O–H groups in total. The van der Waals surface area contributed by atoms with E-state index in [9.17, 15) is 0 Å². The molecule has 0 nitrogen and oxygen atoms in total. The lowest BCUT2D eigenvalue weighted by molar-refractivity contribution is 0.404. The van der Waals surface area contributed by atoms with Gasteiger partial charge in [-0.05, 0) is 19.3 Å². The summed E-state index contributed by atoms with van der Waals surface area (Å²) in [5.41, 5.74) is 0. The predicted molar refractivity (Wildman–Crippen MR) is 172 cm³/mol. The van der Waals surface area contributed by atoms with Crippen LogP contribution in [0, 0.1) is 0 Å². The molecule has 1 atom stereocenters. The third kappa shape index (κ3) is 27.4. The van der Waals surface area contributed by atoms with E-state index < -0.39 is 0 Å². The van der Waals surface area contributed by atoms with Gasteiger partial charge in [-0.25, -0.2) is 0 Å².